The van der Waals surface area contributed by atoms with E-state index in [1.54, 1.807) is 25.4 Å². The van der Waals surface area contributed by atoms with Gasteiger partial charge in [0.15, 0.2) is 11.5 Å². The van der Waals surface area contributed by atoms with E-state index in [2.05, 4.69) is 4.98 Å². The smallest absolute Gasteiger partial charge is 0.231 e. The van der Waals surface area contributed by atoms with E-state index >= 15 is 0 Å². The average molecular weight is 273 g/mol. The molecule has 0 radical (unpaired) electrons. The molecule has 3 rings (SSSR count). The van der Waals surface area contributed by atoms with Gasteiger partial charge >= 0.3 is 0 Å². The van der Waals surface area contributed by atoms with Gasteiger partial charge < -0.3 is 19.3 Å². The van der Waals surface area contributed by atoms with E-state index in [-0.39, 0.29) is 6.79 Å². The van der Waals surface area contributed by atoms with Crippen molar-refractivity contribution < 1.29 is 19.3 Å². The average Bonchev–Trinajstić information content (AvgIpc) is 2.94. The van der Waals surface area contributed by atoms with E-state index in [0.29, 0.717) is 22.8 Å². The first-order valence-electron chi connectivity index (χ1n) is 6.27. The molecule has 1 aromatic heterocycles. The largest absolute Gasteiger partial charge is 0.493 e. The number of benzene rings is 1. The summed E-state index contributed by atoms with van der Waals surface area (Å²) in [4.78, 5) is 4.19. The highest BCUT2D eigenvalue weighted by Crippen LogP contribution is 2.43. The van der Waals surface area contributed by atoms with Crippen molar-refractivity contribution in [2.75, 3.05) is 13.9 Å². The molecule has 0 spiro atoms. The predicted octanol–water partition coefficient (Wildman–Crippen LogP) is 2.21. The van der Waals surface area contributed by atoms with Gasteiger partial charge in [0, 0.05) is 17.5 Å². The summed E-state index contributed by atoms with van der Waals surface area (Å²) in [5.41, 5.74) is 2.30. The summed E-state index contributed by atoms with van der Waals surface area (Å²) >= 11 is 0. The van der Waals surface area contributed by atoms with Crippen LogP contribution in [0.3, 0.4) is 0 Å². The Morgan fingerprint density at radius 1 is 1.25 bits per heavy atom. The highest BCUT2D eigenvalue weighted by atomic mass is 16.7. The summed E-state index contributed by atoms with van der Waals surface area (Å²) in [5, 5.41) is 10.4. The van der Waals surface area contributed by atoms with Gasteiger partial charge in [0.1, 0.15) is 6.10 Å². The molecule has 20 heavy (non-hydrogen) atoms. The molecule has 0 saturated heterocycles. The van der Waals surface area contributed by atoms with Crippen LogP contribution in [0.2, 0.25) is 0 Å². The molecule has 1 atom stereocenters. The molecule has 0 aliphatic carbocycles. The number of pyridine rings is 1. The minimum Gasteiger partial charge on any atom is -0.493 e. The molecule has 1 unspecified atom stereocenters. The van der Waals surface area contributed by atoms with Crippen LogP contribution in [0.5, 0.6) is 17.2 Å². The lowest BCUT2D eigenvalue weighted by atomic mass is 10.0. The molecule has 104 valence electrons. The molecule has 0 amide bonds. The van der Waals surface area contributed by atoms with E-state index < -0.39 is 6.10 Å². The first-order valence-corrected chi connectivity index (χ1v) is 6.27. The van der Waals surface area contributed by atoms with Crippen LogP contribution in [0.25, 0.3) is 0 Å². The van der Waals surface area contributed by atoms with Crippen molar-refractivity contribution in [1.29, 1.82) is 0 Å². The molecule has 1 N–H and O–H groups in total. The fourth-order valence-corrected chi connectivity index (χ4v) is 2.14. The number of aliphatic hydroxyl groups is 1. The predicted molar refractivity (Wildman–Crippen MR) is 72.2 cm³/mol. The molecular formula is C15H15NO4. The SMILES string of the molecule is COc1cc(C(O)c2ccc(C)nc2)cc2c1OCO2. The molecule has 1 aromatic carbocycles. The van der Waals surface area contributed by atoms with E-state index in [1.165, 1.54) is 0 Å². The van der Waals surface area contributed by atoms with Gasteiger partial charge in [-0.2, -0.15) is 0 Å². The number of rotatable bonds is 3. The third-order valence-electron chi connectivity index (χ3n) is 3.25. The Labute approximate surface area is 116 Å². The van der Waals surface area contributed by atoms with Crippen molar-refractivity contribution in [3.8, 4) is 17.2 Å². The van der Waals surface area contributed by atoms with Crippen LogP contribution in [-0.2, 0) is 0 Å². The fraction of sp³-hybridized carbons (Fsp3) is 0.267. The zero-order valence-electron chi connectivity index (χ0n) is 11.3. The lowest BCUT2D eigenvalue weighted by molar-refractivity contribution is 0.171. The lowest BCUT2D eigenvalue weighted by Crippen LogP contribution is -2.01. The summed E-state index contributed by atoms with van der Waals surface area (Å²) in [6.45, 7) is 2.07. The molecule has 2 aromatic rings. The summed E-state index contributed by atoms with van der Waals surface area (Å²) in [5.74, 6) is 1.71. The minimum absolute atomic E-state index is 0.164. The molecule has 1 aliphatic rings. The van der Waals surface area contributed by atoms with Crippen molar-refractivity contribution in [3.05, 3.63) is 47.3 Å². The van der Waals surface area contributed by atoms with Gasteiger partial charge in [0.25, 0.3) is 0 Å². The second-order valence-corrected chi connectivity index (χ2v) is 4.59. The molecule has 5 heteroatoms. The summed E-state index contributed by atoms with van der Waals surface area (Å²) < 4.78 is 16.0. The normalized spacial score (nSPS) is 14.2. The molecule has 0 bridgehead atoms. The highest BCUT2D eigenvalue weighted by molar-refractivity contribution is 5.56. The standard InChI is InChI=1S/C15H15NO4/c1-9-3-4-10(7-16-9)14(17)11-5-12(18-2)15-13(6-11)19-8-20-15/h3-7,14,17H,8H2,1-2H3. The number of hydrogen-bond donors (Lipinski definition) is 1. The Balaban J connectivity index is 1.99. The van der Waals surface area contributed by atoms with Gasteiger partial charge in [-0.15, -0.1) is 0 Å². The van der Waals surface area contributed by atoms with Crippen LogP contribution in [0.4, 0.5) is 0 Å². The summed E-state index contributed by atoms with van der Waals surface area (Å²) in [6, 6.07) is 7.22. The lowest BCUT2D eigenvalue weighted by Gasteiger charge is -2.14. The number of aliphatic hydroxyl groups excluding tert-OH is 1. The van der Waals surface area contributed by atoms with Crippen LogP contribution in [-0.4, -0.2) is 24.0 Å². The third kappa shape index (κ3) is 2.16. The van der Waals surface area contributed by atoms with E-state index in [9.17, 15) is 5.11 Å². The molecule has 2 heterocycles. The van der Waals surface area contributed by atoms with E-state index in [4.69, 9.17) is 14.2 Å². The van der Waals surface area contributed by atoms with Gasteiger partial charge in [-0.05, 0) is 30.7 Å². The second-order valence-electron chi connectivity index (χ2n) is 4.59. The van der Waals surface area contributed by atoms with E-state index in [0.717, 1.165) is 11.3 Å². The number of nitrogens with zero attached hydrogens (tertiary/aromatic N) is 1. The van der Waals surface area contributed by atoms with Crippen molar-refractivity contribution in [1.82, 2.24) is 4.98 Å². The number of aryl methyl sites for hydroxylation is 1. The number of fused-ring (bicyclic) bond motifs is 1. The summed E-state index contributed by atoms with van der Waals surface area (Å²) in [7, 11) is 1.56. The van der Waals surface area contributed by atoms with Crippen molar-refractivity contribution >= 4 is 0 Å². The third-order valence-corrected chi connectivity index (χ3v) is 3.25. The molecule has 0 saturated carbocycles. The quantitative estimate of drug-likeness (QED) is 0.929. The number of aromatic nitrogens is 1. The topological polar surface area (TPSA) is 60.8 Å². The van der Waals surface area contributed by atoms with Gasteiger partial charge in [-0.25, -0.2) is 0 Å². The van der Waals surface area contributed by atoms with Crippen LogP contribution in [0, 0.1) is 6.92 Å². The van der Waals surface area contributed by atoms with Crippen LogP contribution in [0.15, 0.2) is 30.5 Å². The van der Waals surface area contributed by atoms with Crippen LogP contribution >= 0.6 is 0 Å². The Kier molecular flexibility index (Phi) is 3.20. The first kappa shape index (κ1) is 12.7. The zero-order valence-corrected chi connectivity index (χ0v) is 11.3. The second kappa shape index (κ2) is 5.02. The van der Waals surface area contributed by atoms with Gasteiger partial charge in [-0.1, -0.05) is 6.07 Å². The highest BCUT2D eigenvalue weighted by Gasteiger charge is 2.23. The van der Waals surface area contributed by atoms with Gasteiger partial charge in [0.2, 0.25) is 12.5 Å². The fourth-order valence-electron chi connectivity index (χ4n) is 2.14. The Morgan fingerprint density at radius 2 is 2.10 bits per heavy atom. The van der Waals surface area contributed by atoms with E-state index in [1.807, 2.05) is 19.1 Å². The molecular weight excluding hydrogens is 258 g/mol. The minimum atomic E-state index is -0.786. The maximum Gasteiger partial charge on any atom is 0.231 e. The molecule has 0 fully saturated rings. The summed E-state index contributed by atoms with van der Waals surface area (Å²) in [6.07, 6.45) is 0.878. The van der Waals surface area contributed by atoms with Crippen molar-refractivity contribution in [3.63, 3.8) is 0 Å². The van der Waals surface area contributed by atoms with Gasteiger partial charge in [-0.3, -0.25) is 4.98 Å². The van der Waals surface area contributed by atoms with Crippen LogP contribution in [0.1, 0.15) is 22.9 Å². The van der Waals surface area contributed by atoms with Crippen molar-refractivity contribution in [2.24, 2.45) is 0 Å². The van der Waals surface area contributed by atoms with Gasteiger partial charge in [0.05, 0.1) is 7.11 Å². The first-order chi connectivity index (χ1) is 9.69. The zero-order chi connectivity index (χ0) is 14.1. The van der Waals surface area contributed by atoms with Crippen molar-refractivity contribution in [2.45, 2.75) is 13.0 Å². The maximum absolute atomic E-state index is 10.4. The number of hydrogen-bond acceptors (Lipinski definition) is 5. The Morgan fingerprint density at radius 3 is 2.80 bits per heavy atom. The number of ether oxygens (including phenoxy) is 3. The molecule has 5 nitrogen and oxygen atoms in total. The maximum atomic E-state index is 10.4. The van der Waals surface area contributed by atoms with Crippen LogP contribution < -0.4 is 14.2 Å². The number of methoxy groups -OCH3 is 1. The molecule has 1 aliphatic heterocycles. The Hall–Kier alpha value is -2.27. The monoisotopic (exact) mass is 273 g/mol. The Bertz CT molecular complexity index is 625.